The molecule has 0 aliphatic heterocycles. The van der Waals surface area contributed by atoms with E-state index in [-0.39, 0.29) is 29.9 Å². The molecule has 9 nitrogen and oxygen atoms in total. The van der Waals surface area contributed by atoms with Gasteiger partial charge in [-0.2, -0.15) is 0 Å². The summed E-state index contributed by atoms with van der Waals surface area (Å²) >= 11 is 0. The molecule has 1 amide bonds. The van der Waals surface area contributed by atoms with Crippen molar-refractivity contribution < 1.29 is 33.7 Å². The molecule has 0 fully saturated rings. The Labute approximate surface area is 132 Å². The smallest absolute Gasteiger partial charge is 0.414 e. The van der Waals surface area contributed by atoms with Crippen LogP contribution in [0.15, 0.2) is 12.3 Å². The molecule has 0 radical (unpaired) electrons. The van der Waals surface area contributed by atoms with Crippen LogP contribution in [0.4, 0.5) is 4.79 Å². The number of aromatic nitrogens is 1. The fourth-order valence-corrected chi connectivity index (χ4v) is 1.44. The zero-order valence-electron chi connectivity index (χ0n) is 13.0. The average molecular weight is 326 g/mol. The van der Waals surface area contributed by atoms with E-state index in [0.717, 1.165) is 0 Å². The van der Waals surface area contributed by atoms with Gasteiger partial charge in [-0.25, -0.2) is 14.6 Å². The summed E-state index contributed by atoms with van der Waals surface area (Å²) in [5.74, 6) is -1.92. The molecule has 0 bridgehead atoms. The average Bonchev–Trinajstić information content (AvgIpc) is 2.46. The van der Waals surface area contributed by atoms with E-state index < -0.39 is 24.6 Å². The van der Waals surface area contributed by atoms with Gasteiger partial charge < -0.3 is 24.6 Å². The molecule has 0 aliphatic rings. The first-order chi connectivity index (χ1) is 10.8. The Morgan fingerprint density at radius 1 is 1.35 bits per heavy atom. The highest BCUT2D eigenvalue weighted by molar-refractivity contribution is 5.89. The SMILES string of the molecule is CCOC(=O)c1cnc(OC(=O)NCC(=O)O)c(OC(C)C)c1. The quantitative estimate of drug-likeness (QED) is 0.717. The fourth-order valence-electron chi connectivity index (χ4n) is 1.44. The molecule has 23 heavy (non-hydrogen) atoms. The second-order valence-corrected chi connectivity index (χ2v) is 4.55. The third-order valence-corrected chi connectivity index (χ3v) is 2.27. The van der Waals surface area contributed by atoms with Gasteiger partial charge in [-0.05, 0) is 20.8 Å². The summed E-state index contributed by atoms with van der Waals surface area (Å²) in [6, 6.07) is 1.34. The summed E-state index contributed by atoms with van der Waals surface area (Å²) < 4.78 is 15.2. The second-order valence-electron chi connectivity index (χ2n) is 4.55. The summed E-state index contributed by atoms with van der Waals surface area (Å²) in [6.07, 6.45) is -0.0959. The van der Waals surface area contributed by atoms with Gasteiger partial charge in [0.15, 0.2) is 5.75 Å². The molecule has 2 N–H and O–H groups in total. The number of aliphatic carboxylic acids is 1. The Kier molecular flexibility index (Phi) is 6.78. The number of esters is 1. The van der Waals surface area contributed by atoms with E-state index in [1.54, 1.807) is 20.8 Å². The number of nitrogens with zero attached hydrogens (tertiary/aromatic N) is 1. The molecule has 0 spiro atoms. The zero-order chi connectivity index (χ0) is 17.4. The van der Waals surface area contributed by atoms with Gasteiger partial charge >= 0.3 is 18.0 Å². The molecule has 0 aliphatic carbocycles. The van der Waals surface area contributed by atoms with Crippen LogP contribution in [0.2, 0.25) is 0 Å². The number of ether oxygens (including phenoxy) is 3. The van der Waals surface area contributed by atoms with Crippen molar-refractivity contribution >= 4 is 18.0 Å². The minimum atomic E-state index is -1.22. The molecular weight excluding hydrogens is 308 g/mol. The van der Waals surface area contributed by atoms with E-state index >= 15 is 0 Å². The molecule has 1 aromatic rings. The van der Waals surface area contributed by atoms with Crippen LogP contribution in [0, 0.1) is 0 Å². The van der Waals surface area contributed by atoms with Gasteiger partial charge in [-0.3, -0.25) is 4.79 Å². The summed E-state index contributed by atoms with van der Waals surface area (Å²) in [5.41, 5.74) is 0.140. The normalized spacial score (nSPS) is 10.1. The van der Waals surface area contributed by atoms with E-state index in [0.29, 0.717) is 0 Å². The number of carbonyl (C=O) groups excluding carboxylic acids is 2. The predicted molar refractivity (Wildman–Crippen MR) is 77.6 cm³/mol. The maximum Gasteiger partial charge on any atom is 0.414 e. The molecule has 1 heterocycles. The lowest BCUT2D eigenvalue weighted by molar-refractivity contribution is -0.135. The Bertz CT molecular complexity index is 586. The molecular formula is C14H18N2O7. The Morgan fingerprint density at radius 3 is 2.61 bits per heavy atom. The number of carboxylic acids is 1. The van der Waals surface area contributed by atoms with Crippen molar-refractivity contribution in [3.05, 3.63) is 17.8 Å². The number of rotatable bonds is 7. The Hall–Kier alpha value is -2.84. The largest absolute Gasteiger partial charge is 0.485 e. The van der Waals surface area contributed by atoms with Gasteiger partial charge in [0.2, 0.25) is 0 Å². The van der Waals surface area contributed by atoms with E-state index in [1.165, 1.54) is 12.3 Å². The van der Waals surface area contributed by atoms with Crippen molar-refractivity contribution in [2.24, 2.45) is 0 Å². The van der Waals surface area contributed by atoms with E-state index in [2.05, 4.69) is 4.98 Å². The summed E-state index contributed by atoms with van der Waals surface area (Å²) in [4.78, 5) is 37.4. The number of pyridine rings is 1. The number of amides is 1. The maximum atomic E-state index is 11.7. The Morgan fingerprint density at radius 2 is 2.04 bits per heavy atom. The fraction of sp³-hybridized carbons (Fsp3) is 0.429. The van der Waals surface area contributed by atoms with Crippen LogP contribution in [-0.2, 0) is 9.53 Å². The lowest BCUT2D eigenvalue weighted by Gasteiger charge is -2.14. The number of nitrogens with one attached hydrogen (secondary N) is 1. The van der Waals surface area contributed by atoms with E-state index in [9.17, 15) is 14.4 Å². The molecule has 1 rings (SSSR count). The first kappa shape index (κ1) is 18.2. The van der Waals surface area contributed by atoms with Crippen LogP contribution < -0.4 is 14.8 Å². The standard InChI is InChI=1S/C14H18N2O7/c1-4-21-13(19)9-5-10(22-8(2)3)12(15-6-9)23-14(20)16-7-11(17)18/h5-6,8H,4,7H2,1-3H3,(H,16,20)(H,17,18). The van der Waals surface area contributed by atoms with Crippen molar-refractivity contribution in [2.45, 2.75) is 26.9 Å². The zero-order valence-corrected chi connectivity index (χ0v) is 13.0. The van der Waals surface area contributed by atoms with Crippen molar-refractivity contribution in [3.63, 3.8) is 0 Å². The first-order valence-corrected chi connectivity index (χ1v) is 6.84. The Balaban J connectivity index is 2.94. The maximum absolute atomic E-state index is 11.7. The highest BCUT2D eigenvalue weighted by Crippen LogP contribution is 2.27. The number of carbonyl (C=O) groups is 3. The van der Waals surface area contributed by atoms with E-state index in [4.69, 9.17) is 19.3 Å². The first-order valence-electron chi connectivity index (χ1n) is 6.84. The molecule has 0 saturated heterocycles. The van der Waals surface area contributed by atoms with Gasteiger partial charge in [0.05, 0.1) is 18.3 Å². The highest BCUT2D eigenvalue weighted by atomic mass is 16.6. The second kappa shape index (κ2) is 8.57. The van der Waals surface area contributed by atoms with Gasteiger partial charge in [-0.15, -0.1) is 0 Å². The molecule has 1 aromatic heterocycles. The predicted octanol–water partition coefficient (Wildman–Crippen LogP) is 1.22. The third kappa shape index (κ3) is 6.20. The van der Waals surface area contributed by atoms with Gasteiger partial charge in [0.1, 0.15) is 6.54 Å². The van der Waals surface area contributed by atoms with Crippen molar-refractivity contribution in [1.82, 2.24) is 10.3 Å². The monoisotopic (exact) mass is 326 g/mol. The van der Waals surface area contributed by atoms with Crippen LogP contribution in [0.5, 0.6) is 11.6 Å². The minimum Gasteiger partial charge on any atom is -0.485 e. The number of hydrogen-bond acceptors (Lipinski definition) is 7. The van der Waals surface area contributed by atoms with Crippen LogP contribution >= 0.6 is 0 Å². The molecule has 0 atom stereocenters. The minimum absolute atomic E-state index is 0.0658. The lowest BCUT2D eigenvalue weighted by atomic mass is 10.2. The summed E-state index contributed by atoms with van der Waals surface area (Å²) in [7, 11) is 0. The molecule has 0 aromatic carbocycles. The summed E-state index contributed by atoms with van der Waals surface area (Å²) in [5, 5.41) is 10.5. The van der Waals surface area contributed by atoms with Crippen LogP contribution in [0.1, 0.15) is 31.1 Å². The van der Waals surface area contributed by atoms with Gasteiger partial charge in [-0.1, -0.05) is 0 Å². The molecule has 0 saturated carbocycles. The van der Waals surface area contributed by atoms with Crippen molar-refractivity contribution in [1.29, 1.82) is 0 Å². The highest BCUT2D eigenvalue weighted by Gasteiger charge is 2.17. The topological polar surface area (TPSA) is 124 Å². The van der Waals surface area contributed by atoms with Crippen LogP contribution in [-0.4, -0.2) is 47.4 Å². The molecule has 126 valence electrons. The van der Waals surface area contributed by atoms with Crippen molar-refractivity contribution in [3.8, 4) is 11.6 Å². The van der Waals surface area contributed by atoms with E-state index in [1.807, 2.05) is 5.32 Å². The molecule has 9 heteroatoms. The number of carboxylic acid groups (broad SMARTS) is 1. The summed E-state index contributed by atoms with van der Waals surface area (Å²) in [6.45, 7) is 4.76. The van der Waals surface area contributed by atoms with Gasteiger partial charge in [0.25, 0.3) is 5.88 Å². The van der Waals surface area contributed by atoms with Crippen LogP contribution in [0.25, 0.3) is 0 Å². The molecule has 0 unspecified atom stereocenters. The van der Waals surface area contributed by atoms with Crippen molar-refractivity contribution in [2.75, 3.05) is 13.2 Å². The number of hydrogen-bond donors (Lipinski definition) is 2. The van der Waals surface area contributed by atoms with Crippen LogP contribution in [0.3, 0.4) is 0 Å². The van der Waals surface area contributed by atoms with Gasteiger partial charge in [0, 0.05) is 12.3 Å². The third-order valence-electron chi connectivity index (χ3n) is 2.27. The lowest BCUT2D eigenvalue weighted by Crippen LogP contribution is -2.32.